The normalized spacial score (nSPS) is 9.13. The predicted molar refractivity (Wildman–Crippen MR) is 57.1 cm³/mol. The van der Waals surface area contributed by atoms with Crippen LogP contribution in [0.2, 0.25) is 0 Å². The SMILES string of the molecule is CCOc1ccc(OCCN=[N+]=[N-])cc1. The molecular weight excluding hydrogens is 194 g/mol. The van der Waals surface area contributed by atoms with E-state index in [1.807, 2.05) is 31.2 Å². The Bertz CT molecular complexity index is 331. The zero-order valence-electron chi connectivity index (χ0n) is 8.59. The van der Waals surface area contributed by atoms with Crippen molar-refractivity contribution in [2.75, 3.05) is 19.8 Å². The maximum absolute atomic E-state index is 8.05. The maximum Gasteiger partial charge on any atom is 0.119 e. The summed E-state index contributed by atoms with van der Waals surface area (Å²) >= 11 is 0. The van der Waals surface area contributed by atoms with Crippen molar-refractivity contribution >= 4 is 0 Å². The molecule has 0 aliphatic heterocycles. The minimum atomic E-state index is 0.337. The zero-order chi connectivity index (χ0) is 10.9. The van der Waals surface area contributed by atoms with Gasteiger partial charge in [0.2, 0.25) is 0 Å². The number of hydrogen-bond donors (Lipinski definition) is 0. The monoisotopic (exact) mass is 207 g/mol. The number of benzene rings is 1. The summed E-state index contributed by atoms with van der Waals surface area (Å²) < 4.78 is 10.6. The molecule has 0 saturated carbocycles. The molecule has 0 fully saturated rings. The lowest BCUT2D eigenvalue weighted by atomic mass is 10.3. The van der Waals surface area contributed by atoms with Crippen LogP contribution in [0.3, 0.4) is 0 Å². The van der Waals surface area contributed by atoms with Crippen LogP contribution < -0.4 is 9.47 Å². The maximum atomic E-state index is 8.05. The summed E-state index contributed by atoms with van der Waals surface area (Å²) in [6, 6.07) is 7.32. The van der Waals surface area contributed by atoms with Crippen molar-refractivity contribution in [1.29, 1.82) is 0 Å². The molecular formula is C10H13N3O2. The van der Waals surface area contributed by atoms with Crippen molar-refractivity contribution in [3.63, 3.8) is 0 Å². The summed E-state index contributed by atoms with van der Waals surface area (Å²) in [5, 5.41) is 3.36. The van der Waals surface area contributed by atoms with Crippen LogP contribution in [-0.2, 0) is 0 Å². The quantitative estimate of drug-likeness (QED) is 0.311. The number of nitrogens with zero attached hydrogens (tertiary/aromatic N) is 3. The van der Waals surface area contributed by atoms with Gasteiger partial charge in [-0.2, -0.15) is 0 Å². The smallest absolute Gasteiger partial charge is 0.119 e. The molecule has 0 atom stereocenters. The Hall–Kier alpha value is -1.87. The van der Waals surface area contributed by atoms with Crippen molar-refractivity contribution in [2.45, 2.75) is 6.92 Å². The molecule has 0 spiro atoms. The summed E-state index contributed by atoms with van der Waals surface area (Å²) in [7, 11) is 0. The van der Waals surface area contributed by atoms with Gasteiger partial charge >= 0.3 is 0 Å². The van der Waals surface area contributed by atoms with Gasteiger partial charge in [0.25, 0.3) is 0 Å². The number of azide groups is 1. The van der Waals surface area contributed by atoms with Gasteiger partial charge in [0.1, 0.15) is 11.5 Å². The third kappa shape index (κ3) is 4.24. The van der Waals surface area contributed by atoms with E-state index < -0.39 is 0 Å². The summed E-state index contributed by atoms with van der Waals surface area (Å²) in [5.41, 5.74) is 8.05. The van der Waals surface area contributed by atoms with Crippen LogP contribution in [-0.4, -0.2) is 19.8 Å². The highest BCUT2D eigenvalue weighted by atomic mass is 16.5. The largest absolute Gasteiger partial charge is 0.494 e. The fourth-order valence-electron chi connectivity index (χ4n) is 1.05. The van der Waals surface area contributed by atoms with Crippen LogP contribution in [0.4, 0.5) is 0 Å². The van der Waals surface area contributed by atoms with E-state index in [1.54, 1.807) is 0 Å². The molecule has 0 N–H and O–H groups in total. The second kappa shape index (κ2) is 6.56. The van der Waals surface area contributed by atoms with Crippen LogP contribution in [0.5, 0.6) is 11.5 Å². The summed E-state index contributed by atoms with van der Waals surface area (Å²) in [6.45, 7) is 3.31. The molecule has 1 aromatic rings. The fourth-order valence-corrected chi connectivity index (χ4v) is 1.05. The molecule has 0 aliphatic rings. The van der Waals surface area contributed by atoms with Crippen LogP contribution in [0.25, 0.3) is 10.4 Å². The van der Waals surface area contributed by atoms with Crippen LogP contribution >= 0.6 is 0 Å². The van der Waals surface area contributed by atoms with Crippen molar-refractivity contribution in [1.82, 2.24) is 0 Å². The van der Waals surface area contributed by atoms with Gasteiger partial charge < -0.3 is 9.47 Å². The minimum absolute atomic E-state index is 0.337. The highest BCUT2D eigenvalue weighted by Gasteiger charge is 1.94. The van der Waals surface area contributed by atoms with Crippen LogP contribution in [0.15, 0.2) is 29.4 Å². The van der Waals surface area contributed by atoms with Gasteiger partial charge in [0.05, 0.1) is 19.8 Å². The van der Waals surface area contributed by atoms with E-state index in [1.165, 1.54) is 0 Å². The predicted octanol–water partition coefficient (Wildman–Crippen LogP) is 2.77. The molecule has 0 aromatic heterocycles. The average Bonchev–Trinajstić information content (AvgIpc) is 2.27. The van der Waals surface area contributed by atoms with E-state index in [0.29, 0.717) is 19.8 Å². The zero-order valence-corrected chi connectivity index (χ0v) is 8.59. The van der Waals surface area contributed by atoms with Crippen molar-refractivity contribution in [2.24, 2.45) is 5.11 Å². The third-order valence-corrected chi connectivity index (χ3v) is 1.66. The first-order valence-corrected chi connectivity index (χ1v) is 4.73. The van der Waals surface area contributed by atoms with Gasteiger partial charge in [-0.3, -0.25) is 0 Å². The lowest BCUT2D eigenvalue weighted by molar-refractivity contribution is 0.323. The van der Waals surface area contributed by atoms with Gasteiger partial charge in [-0.1, -0.05) is 5.11 Å². The first-order chi connectivity index (χ1) is 7.36. The number of ether oxygens (including phenoxy) is 2. The fraction of sp³-hybridized carbons (Fsp3) is 0.400. The Kier molecular flexibility index (Phi) is 4.90. The van der Waals surface area contributed by atoms with Gasteiger partial charge in [0, 0.05) is 4.91 Å². The highest BCUT2D eigenvalue weighted by molar-refractivity contribution is 5.31. The molecule has 0 bridgehead atoms. The van der Waals surface area contributed by atoms with E-state index >= 15 is 0 Å². The van der Waals surface area contributed by atoms with E-state index in [9.17, 15) is 0 Å². The Morgan fingerprint density at radius 3 is 2.33 bits per heavy atom. The van der Waals surface area contributed by atoms with E-state index in [0.717, 1.165) is 11.5 Å². The van der Waals surface area contributed by atoms with E-state index in [-0.39, 0.29) is 0 Å². The molecule has 1 rings (SSSR count). The molecule has 5 nitrogen and oxygen atoms in total. The van der Waals surface area contributed by atoms with Gasteiger partial charge in [0.15, 0.2) is 0 Å². The molecule has 80 valence electrons. The van der Waals surface area contributed by atoms with Gasteiger partial charge in [-0.25, -0.2) is 0 Å². The molecule has 0 saturated heterocycles. The summed E-state index contributed by atoms with van der Waals surface area (Å²) in [4.78, 5) is 2.63. The second-order valence-corrected chi connectivity index (χ2v) is 2.71. The van der Waals surface area contributed by atoms with Crippen LogP contribution in [0.1, 0.15) is 6.92 Å². The number of rotatable bonds is 6. The Balaban J connectivity index is 2.38. The van der Waals surface area contributed by atoms with Gasteiger partial charge in [-0.15, -0.1) is 0 Å². The Labute approximate surface area is 88.3 Å². The molecule has 15 heavy (non-hydrogen) atoms. The lowest BCUT2D eigenvalue weighted by Gasteiger charge is -2.05. The summed E-state index contributed by atoms with van der Waals surface area (Å²) in [6.07, 6.45) is 0. The van der Waals surface area contributed by atoms with E-state index in [2.05, 4.69) is 10.0 Å². The molecule has 0 aliphatic carbocycles. The molecule has 0 heterocycles. The minimum Gasteiger partial charge on any atom is -0.494 e. The molecule has 0 unspecified atom stereocenters. The van der Waals surface area contributed by atoms with Crippen molar-refractivity contribution < 1.29 is 9.47 Å². The standard InChI is InChI=1S/C10H13N3O2/c1-2-14-9-3-5-10(6-4-9)15-8-7-12-13-11/h3-6H,2,7-8H2,1H3. The molecule has 0 amide bonds. The topological polar surface area (TPSA) is 67.2 Å². The number of hydrogen-bond acceptors (Lipinski definition) is 3. The van der Waals surface area contributed by atoms with Crippen molar-refractivity contribution in [3.8, 4) is 11.5 Å². The highest BCUT2D eigenvalue weighted by Crippen LogP contribution is 2.17. The first kappa shape index (κ1) is 11.2. The Morgan fingerprint density at radius 1 is 1.20 bits per heavy atom. The second-order valence-electron chi connectivity index (χ2n) is 2.71. The molecule has 0 radical (unpaired) electrons. The third-order valence-electron chi connectivity index (χ3n) is 1.66. The van der Waals surface area contributed by atoms with Gasteiger partial charge in [-0.05, 0) is 36.7 Å². The Morgan fingerprint density at radius 2 is 1.80 bits per heavy atom. The molecule has 1 aromatic carbocycles. The van der Waals surface area contributed by atoms with E-state index in [4.69, 9.17) is 15.0 Å². The van der Waals surface area contributed by atoms with Crippen LogP contribution in [0, 0.1) is 0 Å². The lowest BCUT2D eigenvalue weighted by Crippen LogP contribution is -2.00. The first-order valence-electron chi connectivity index (χ1n) is 4.73. The van der Waals surface area contributed by atoms with Crippen molar-refractivity contribution in [3.05, 3.63) is 34.7 Å². The molecule has 5 heteroatoms. The average molecular weight is 207 g/mol. The summed E-state index contributed by atoms with van der Waals surface area (Å²) in [5.74, 6) is 1.56.